The molecule has 0 fully saturated rings. The summed E-state index contributed by atoms with van der Waals surface area (Å²) < 4.78 is 14.7. The zero-order valence-corrected chi connectivity index (χ0v) is 25.7. The lowest BCUT2D eigenvalue weighted by atomic mass is 10.0. The van der Waals surface area contributed by atoms with E-state index in [4.69, 9.17) is 0 Å². The fourth-order valence-corrected chi connectivity index (χ4v) is 5.62. The molecular weight excluding hydrogens is 577 g/mol. The van der Waals surface area contributed by atoms with Crippen molar-refractivity contribution < 1.29 is 4.39 Å². The summed E-state index contributed by atoms with van der Waals surface area (Å²) in [7, 11) is 4.02. The Balaban J connectivity index is 1.17. The Bertz CT molecular complexity index is 2120. The third kappa shape index (κ3) is 6.35. The van der Waals surface area contributed by atoms with Crippen molar-refractivity contribution in [3.05, 3.63) is 115 Å². The van der Waals surface area contributed by atoms with Gasteiger partial charge in [-0.15, -0.1) is 0 Å². The Hall–Kier alpha value is -5.45. The van der Waals surface area contributed by atoms with E-state index < -0.39 is 0 Å². The van der Waals surface area contributed by atoms with Crippen LogP contribution in [0.2, 0.25) is 0 Å². The summed E-state index contributed by atoms with van der Waals surface area (Å²) in [6, 6.07) is 23.5. The second-order valence-corrected chi connectivity index (χ2v) is 11.6. The van der Waals surface area contributed by atoms with Gasteiger partial charge in [-0.1, -0.05) is 30.3 Å². The maximum Gasteiger partial charge on any atom is 0.155 e. The molecule has 5 heterocycles. The van der Waals surface area contributed by atoms with Gasteiger partial charge in [-0.3, -0.25) is 15.1 Å². The summed E-state index contributed by atoms with van der Waals surface area (Å²) in [5.74, 6) is -0.318. The predicted molar refractivity (Wildman–Crippen MR) is 182 cm³/mol. The highest BCUT2D eigenvalue weighted by Crippen LogP contribution is 2.34. The van der Waals surface area contributed by atoms with Crippen molar-refractivity contribution in [1.82, 2.24) is 40.3 Å². The van der Waals surface area contributed by atoms with E-state index in [1.165, 1.54) is 17.7 Å². The highest BCUT2D eigenvalue weighted by molar-refractivity contribution is 6.00. The zero-order chi connectivity index (χ0) is 31.5. The van der Waals surface area contributed by atoms with Crippen LogP contribution in [-0.2, 0) is 13.1 Å². The van der Waals surface area contributed by atoms with E-state index in [-0.39, 0.29) is 5.82 Å². The average molecular weight is 612 g/mol. The molecular formula is C36H34FN9. The number of nitrogens with one attached hydrogen (secondary N) is 4. The molecule has 0 aliphatic heterocycles. The van der Waals surface area contributed by atoms with Crippen molar-refractivity contribution in [3.63, 3.8) is 0 Å². The molecule has 0 bridgehead atoms. The number of H-pyrrole nitrogens is 2. The third-order valence-corrected chi connectivity index (χ3v) is 7.91. The lowest BCUT2D eigenvalue weighted by Gasteiger charge is -2.12. The van der Waals surface area contributed by atoms with E-state index in [0.717, 1.165) is 57.5 Å². The number of likely N-dealkylation sites (N-methyl/N-ethyl adjacent to an activating group) is 1. The lowest BCUT2D eigenvalue weighted by Crippen LogP contribution is -2.20. The first kappa shape index (κ1) is 29.3. The van der Waals surface area contributed by atoms with E-state index in [2.05, 4.69) is 69.9 Å². The van der Waals surface area contributed by atoms with Crippen molar-refractivity contribution in [2.24, 2.45) is 0 Å². The standard InChI is InChI=1S/C36H34FN9/c1-46(2)11-10-40-29-14-25(13-28(37)16-29)34-30-17-33(43-32(30)8-9-41-34)35-31-15-27(22-42-36(31)45-44-35)26-12-24(20-39-21-26)19-38-18-23-6-4-3-5-7-23/h3-9,12-17,20-22,38,40,43H,10-11,18-19H2,1-2H3,(H,42,44,45). The molecule has 0 aliphatic carbocycles. The maximum absolute atomic E-state index is 14.7. The van der Waals surface area contributed by atoms with Gasteiger partial charge in [0, 0.05) is 89.6 Å². The van der Waals surface area contributed by atoms with E-state index in [1.807, 2.05) is 69.1 Å². The first-order valence-corrected chi connectivity index (χ1v) is 15.2. The van der Waals surface area contributed by atoms with Gasteiger partial charge >= 0.3 is 0 Å². The Morgan fingerprint density at radius 2 is 1.63 bits per heavy atom. The van der Waals surface area contributed by atoms with Gasteiger partial charge < -0.3 is 20.5 Å². The summed E-state index contributed by atoms with van der Waals surface area (Å²) in [5.41, 5.74) is 9.47. The summed E-state index contributed by atoms with van der Waals surface area (Å²) >= 11 is 0. The van der Waals surface area contributed by atoms with Crippen molar-refractivity contribution in [3.8, 4) is 33.8 Å². The van der Waals surface area contributed by atoms with Crippen LogP contribution in [0.1, 0.15) is 11.1 Å². The fraction of sp³-hybridized carbons (Fsp3) is 0.167. The van der Waals surface area contributed by atoms with E-state index in [9.17, 15) is 4.39 Å². The number of nitrogens with zero attached hydrogens (tertiary/aromatic N) is 5. The number of pyridine rings is 3. The average Bonchev–Trinajstić information content (AvgIpc) is 3.69. The van der Waals surface area contributed by atoms with Crippen LogP contribution in [0.5, 0.6) is 0 Å². The van der Waals surface area contributed by atoms with Crippen LogP contribution in [-0.4, -0.2) is 62.2 Å². The molecule has 0 atom stereocenters. The minimum Gasteiger partial charge on any atom is -0.384 e. The Morgan fingerprint density at radius 1 is 0.783 bits per heavy atom. The van der Waals surface area contributed by atoms with Crippen LogP contribution >= 0.6 is 0 Å². The second-order valence-electron chi connectivity index (χ2n) is 11.6. The number of halogens is 1. The molecule has 46 heavy (non-hydrogen) atoms. The van der Waals surface area contributed by atoms with Crippen molar-refractivity contribution in [1.29, 1.82) is 0 Å². The fourth-order valence-electron chi connectivity index (χ4n) is 5.62. The van der Waals surface area contributed by atoms with Crippen LogP contribution in [0.4, 0.5) is 10.1 Å². The van der Waals surface area contributed by atoms with Gasteiger partial charge in [-0.2, -0.15) is 5.10 Å². The smallest absolute Gasteiger partial charge is 0.155 e. The van der Waals surface area contributed by atoms with Gasteiger partial charge in [0.05, 0.1) is 11.4 Å². The molecule has 0 aliphatic rings. The molecule has 0 saturated carbocycles. The number of anilines is 1. The number of hydrogen-bond donors (Lipinski definition) is 4. The van der Waals surface area contributed by atoms with Crippen LogP contribution in [0.3, 0.4) is 0 Å². The molecule has 7 aromatic rings. The Kier molecular flexibility index (Phi) is 8.20. The van der Waals surface area contributed by atoms with Crippen molar-refractivity contribution in [2.75, 3.05) is 32.5 Å². The minimum absolute atomic E-state index is 0.318. The summed E-state index contributed by atoms with van der Waals surface area (Å²) in [5, 5.41) is 16.3. The number of hydrogen-bond acceptors (Lipinski definition) is 7. The molecule has 0 amide bonds. The SMILES string of the molecule is CN(C)CCNc1cc(F)cc(-c2nccc3[nH]c(-c4n[nH]c5ncc(-c6cncc(CNCc7ccccc7)c6)cc45)cc23)c1. The summed E-state index contributed by atoms with van der Waals surface area (Å²) in [4.78, 5) is 19.4. The first-order chi connectivity index (χ1) is 22.5. The predicted octanol–water partition coefficient (Wildman–Crippen LogP) is 6.63. The molecule has 0 unspecified atom stereocenters. The minimum atomic E-state index is -0.318. The van der Waals surface area contributed by atoms with Gasteiger partial charge in [0.25, 0.3) is 0 Å². The van der Waals surface area contributed by atoms with Crippen LogP contribution in [0.15, 0.2) is 97.6 Å². The number of fused-ring (bicyclic) bond motifs is 2. The molecule has 7 rings (SSSR count). The molecule has 9 nitrogen and oxygen atoms in total. The molecule has 230 valence electrons. The van der Waals surface area contributed by atoms with Gasteiger partial charge in [-0.25, -0.2) is 9.37 Å². The highest BCUT2D eigenvalue weighted by atomic mass is 19.1. The molecule has 2 aromatic carbocycles. The highest BCUT2D eigenvalue weighted by Gasteiger charge is 2.16. The summed E-state index contributed by atoms with van der Waals surface area (Å²) in [6.07, 6.45) is 7.31. The van der Waals surface area contributed by atoms with Crippen LogP contribution in [0.25, 0.3) is 55.7 Å². The molecule has 0 radical (unpaired) electrons. The normalized spacial score (nSPS) is 11.6. The molecule has 5 aromatic heterocycles. The molecule has 4 N–H and O–H groups in total. The zero-order valence-electron chi connectivity index (χ0n) is 25.7. The van der Waals surface area contributed by atoms with Gasteiger partial charge in [0.1, 0.15) is 11.5 Å². The number of benzene rings is 2. The topological polar surface area (TPSA) is 110 Å². The van der Waals surface area contributed by atoms with E-state index in [1.54, 1.807) is 6.20 Å². The number of aromatic nitrogens is 6. The van der Waals surface area contributed by atoms with Gasteiger partial charge in [0.15, 0.2) is 5.65 Å². The second kappa shape index (κ2) is 12.9. The third-order valence-electron chi connectivity index (χ3n) is 7.91. The van der Waals surface area contributed by atoms with Crippen molar-refractivity contribution in [2.45, 2.75) is 13.1 Å². The maximum atomic E-state index is 14.7. The number of rotatable bonds is 11. The Labute approximate surface area is 266 Å². The molecule has 0 spiro atoms. The Morgan fingerprint density at radius 3 is 2.50 bits per heavy atom. The van der Waals surface area contributed by atoms with Crippen LogP contribution < -0.4 is 10.6 Å². The van der Waals surface area contributed by atoms with Gasteiger partial charge in [-0.05, 0) is 67.7 Å². The quantitative estimate of drug-likeness (QED) is 0.130. The number of aromatic amines is 2. The molecule has 0 saturated heterocycles. The lowest BCUT2D eigenvalue weighted by molar-refractivity contribution is 0.425. The summed E-state index contributed by atoms with van der Waals surface area (Å²) in [6.45, 7) is 3.03. The van der Waals surface area contributed by atoms with Crippen LogP contribution in [0, 0.1) is 5.82 Å². The van der Waals surface area contributed by atoms with E-state index in [0.29, 0.717) is 35.7 Å². The molecule has 10 heteroatoms. The van der Waals surface area contributed by atoms with E-state index >= 15 is 0 Å². The van der Waals surface area contributed by atoms with Gasteiger partial charge in [0.2, 0.25) is 0 Å². The first-order valence-electron chi connectivity index (χ1n) is 15.2. The van der Waals surface area contributed by atoms with Crippen molar-refractivity contribution >= 4 is 27.6 Å². The monoisotopic (exact) mass is 611 g/mol. The largest absolute Gasteiger partial charge is 0.384 e.